The Bertz CT molecular complexity index is 1750. The van der Waals surface area contributed by atoms with Crippen LogP contribution in [0.2, 0.25) is 5.02 Å². The maximum Gasteiger partial charge on any atom is 0.335 e. The van der Waals surface area contributed by atoms with E-state index in [1.54, 1.807) is 59.5 Å². The fourth-order valence-corrected chi connectivity index (χ4v) is 5.22. The summed E-state index contributed by atoms with van der Waals surface area (Å²) in [4.78, 5) is 22.8. The molecule has 5 aromatic rings. The molecule has 3 heterocycles. The van der Waals surface area contributed by atoms with E-state index in [0.717, 1.165) is 15.9 Å². The number of aromatic nitrogens is 7. The predicted molar refractivity (Wildman–Crippen MR) is 145 cm³/mol. The number of pyridine rings is 1. The number of nitrogens with zero attached hydrogens (tertiary/aromatic N) is 7. The lowest BCUT2D eigenvalue weighted by molar-refractivity contribution is -0.615. The van der Waals surface area contributed by atoms with Crippen molar-refractivity contribution >= 4 is 23.5 Å². The van der Waals surface area contributed by atoms with Gasteiger partial charge in [0, 0.05) is 34.0 Å². The summed E-state index contributed by atoms with van der Waals surface area (Å²) in [5, 5.41) is 48.5. The molecule has 2 N–H and O–H groups in total. The third kappa shape index (κ3) is 5.24. The first-order valence-electron chi connectivity index (χ1n) is 12.7. The molecule has 3 atom stereocenters. The molecule has 6 rings (SSSR count). The second-order valence-corrected chi connectivity index (χ2v) is 10.3. The van der Waals surface area contributed by atoms with Crippen LogP contribution < -0.4 is 4.73 Å². The van der Waals surface area contributed by atoms with Gasteiger partial charge in [-0.2, -0.15) is 14.5 Å². The number of aromatic carboxylic acids is 1. The van der Waals surface area contributed by atoms with Crippen molar-refractivity contribution in [2.75, 3.05) is 0 Å². The second kappa shape index (κ2) is 10.5. The van der Waals surface area contributed by atoms with Gasteiger partial charge < -0.3 is 15.4 Å². The molecular formula is C28H22ClN7O5. The van der Waals surface area contributed by atoms with Crippen molar-refractivity contribution in [1.82, 2.24) is 30.0 Å². The molecule has 1 aliphatic carbocycles. The Morgan fingerprint density at radius 3 is 2.51 bits per heavy atom. The number of carbonyl (C=O) groups is 2. The summed E-state index contributed by atoms with van der Waals surface area (Å²) < 4.78 is 3.91. The highest BCUT2D eigenvalue weighted by Gasteiger charge is 2.45. The zero-order valence-electron chi connectivity index (χ0n) is 21.3. The molecular weight excluding hydrogens is 550 g/mol. The van der Waals surface area contributed by atoms with Gasteiger partial charge in [0.05, 0.1) is 23.4 Å². The van der Waals surface area contributed by atoms with E-state index in [2.05, 4.69) is 20.6 Å². The quantitative estimate of drug-likeness (QED) is 0.197. The molecule has 3 aromatic heterocycles. The Labute approximate surface area is 237 Å². The van der Waals surface area contributed by atoms with Crippen LogP contribution >= 0.6 is 11.6 Å². The summed E-state index contributed by atoms with van der Waals surface area (Å²) in [5.41, 5.74) is 3.93. The lowest BCUT2D eigenvalue weighted by Crippen LogP contribution is -2.35. The van der Waals surface area contributed by atoms with Crippen LogP contribution in [0.3, 0.4) is 0 Å². The van der Waals surface area contributed by atoms with E-state index in [4.69, 9.17) is 11.6 Å². The highest BCUT2D eigenvalue weighted by atomic mass is 35.5. The van der Waals surface area contributed by atoms with Gasteiger partial charge in [-0.25, -0.2) is 4.79 Å². The molecule has 0 aliphatic heterocycles. The average Bonchev–Trinajstić information content (AvgIpc) is 3.31. The third-order valence-corrected chi connectivity index (χ3v) is 7.54. The van der Waals surface area contributed by atoms with Crippen molar-refractivity contribution in [3.8, 4) is 27.9 Å². The molecule has 1 saturated carbocycles. The molecule has 206 valence electrons. The van der Waals surface area contributed by atoms with Crippen LogP contribution in [0.4, 0.5) is 0 Å². The predicted octanol–water partition coefficient (Wildman–Crippen LogP) is 3.88. The molecule has 0 saturated heterocycles. The van der Waals surface area contributed by atoms with Gasteiger partial charge in [-0.15, -0.1) is 5.10 Å². The number of aliphatic carboxylic acids is 1. The highest BCUT2D eigenvalue weighted by molar-refractivity contribution is 6.31. The lowest BCUT2D eigenvalue weighted by Gasteiger charge is -2.18. The van der Waals surface area contributed by atoms with Crippen LogP contribution in [-0.4, -0.2) is 52.1 Å². The molecule has 41 heavy (non-hydrogen) atoms. The summed E-state index contributed by atoms with van der Waals surface area (Å²) >= 11 is 6.28. The van der Waals surface area contributed by atoms with E-state index in [9.17, 15) is 25.0 Å². The zero-order valence-corrected chi connectivity index (χ0v) is 22.0. The smallest absolute Gasteiger partial charge is 0.335 e. The summed E-state index contributed by atoms with van der Waals surface area (Å²) in [6.07, 6.45) is 7.24. The minimum atomic E-state index is -1.02. The Morgan fingerprint density at radius 2 is 1.85 bits per heavy atom. The first-order chi connectivity index (χ1) is 19.8. The number of rotatable bonds is 9. The van der Waals surface area contributed by atoms with Crippen LogP contribution in [-0.2, 0) is 4.79 Å². The van der Waals surface area contributed by atoms with Crippen LogP contribution in [0.5, 0.6) is 0 Å². The van der Waals surface area contributed by atoms with Crippen LogP contribution in [0.15, 0.2) is 79.5 Å². The molecule has 0 bridgehead atoms. The number of tetrazole rings is 1. The fourth-order valence-electron chi connectivity index (χ4n) is 5.05. The van der Waals surface area contributed by atoms with Gasteiger partial charge in [-0.3, -0.25) is 9.48 Å². The molecule has 0 spiro atoms. The van der Waals surface area contributed by atoms with Crippen LogP contribution in [0, 0.1) is 17.0 Å². The van der Waals surface area contributed by atoms with Gasteiger partial charge in [-0.05, 0) is 71.1 Å². The second-order valence-electron chi connectivity index (χ2n) is 9.87. The van der Waals surface area contributed by atoms with Crippen molar-refractivity contribution < 1.29 is 24.5 Å². The fraction of sp³-hybridized carbons (Fsp3) is 0.179. The van der Waals surface area contributed by atoms with Crippen molar-refractivity contribution in [3.63, 3.8) is 0 Å². The lowest BCUT2D eigenvalue weighted by atomic mass is 10.0. The van der Waals surface area contributed by atoms with Gasteiger partial charge in [0.1, 0.15) is 12.4 Å². The molecule has 0 radical (unpaired) electrons. The number of hydrogen-bond donors (Lipinski definition) is 2. The average molecular weight is 572 g/mol. The SMILES string of the molecule is O=C(O)c1ccc(-c2cnn(C(C[C@@H]3C[C@H]3C(=O)O)c3ccc(-c4cc(Cl)ccc4-n4cnnn4)c[n+]3[O-])c2)cc1. The van der Waals surface area contributed by atoms with E-state index in [0.29, 0.717) is 40.4 Å². The Hall–Kier alpha value is -5.10. The summed E-state index contributed by atoms with van der Waals surface area (Å²) in [5.74, 6) is -2.43. The van der Waals surface area contributed by atoms with Gasteiger partial charge >= 0.3 is 11.9 Å². The van der Waals surface area contributed by atoms with E-state index in [-0.39, 0.29) is 11.5 Å². The van der Waals surface area contributed by atoms with Crippen molar-refractivity contribution in [2.45, 2.75) is 18.9 Å². The maximum atomic E-state index is 13.5. The van der Waals surface area contributed by atoms with E-state index in [1.165, 1.54) is 29.3 Å². The van der Waals surface area contributed by atoms with Crippen molar-refractivity contribution in [2.24, 2.45) is 11.8 Å². The summed E-state index contributed by atoms with van der Waals surface area (Å²) in [7, 11) is 0. The molecule has 0 amide bonds. The molecule has 1 fully saturated rings. The van der Waals surface area contributed by atoms with E-state index in [1.807, 2.05) is 0 Å². The Kier molecular flexibility index (Phi) is 6.67. The molecule has 1 unspecified atom stereocenters. The number of halogens is 1. The standard InChI is InChI=1S/C28H22ClN7O5/c29-21-6-8-24(35-15-30-32-33-35)22(11-21)18-5-7-25(36(41)14-18)26(10-19-9-23(19)28(39)40)34-13-20(12-31-34)16-1-3-17(4-2-16)27(37)38/h1-8,11-15,19,23,26H,9-10H2,(H,37,38)(H,39,40)/t19-,23+,26?/m0/s1. The first kappa shape index (κ1) is 26.1. The third-order valence-electron chi connectivity index (χ3n) is 7.30. The number of carboxylic acid groups (broad SMARTS) is 2. The number of carboxylic acids is 2. The van der Waals surface area contributed by atoms with Gasteiger partial charge in [0.15, 0.2) is 6.20 Å². The first-order valence-corrected chi connectivity index (χ1v) is 13.0. The largest absolute Gasteiger partial charge is 0.618 e. The molecule has 13 heteroatoms. The number of benzene rings is 2. The Balaban J connectivity index is 1.36. The minimum absolute atomic E-state index is 0.0981. The van der Waals surface area contributed by atoms with Crippen molar-refractivity contribution in [1.29, 1.82) is 0 Å². The topological polar surface area (TPSA) is 163 Å². The van der Waals surface area contributed by atoms with Crippen LogP contribution in [0.25, 0.3) is 27.9 Å². The summed E-state index contributed by atoms with van der Waals surface area (Å²) in [6.45, 7) is 0. The van der Waals surface area contributed by atoms with Gasteiger partial charge in [0.2, 0.25) is 5.69 Å². The highest BCUT2D eigenvalue weighted by Crippen LogP contribution is 2.45. The monoisotopic (exact) mass is 571 g/mol. The Morgan fingerprint density at radius 1 is 1.07 bits per heavy atom. The molecule has 1 aliphatic rings. The summed E-state index contributed by atoms with van der Waals surface area (Å²) in [6, 6.07) is 14.6. The van der Waals surface area contributed by atoms with Crippen molar-refractivity contribution in [3.05, 3.63) is 101 Å². The maximum absolute atomic E-state index is 13.5. The zero-order chi connectivity index (χ0) is 28.7. The van der Waals surface area contributed by atoms with E-state index >= 15 is 0 Å². The van der Waals surface area contributed by atoms with Crippen LogP contribution in [0.1, 0.15) is 34.9 Å². The molecule has 12 nitrogen and oxygen atoms in total. The van der Waals surface area contributed by atoms with E-state index < -0.39 is 23.9 Å². The minimum Gasteiger partial charge on any atom is -0.618 e. The van der Waals surface area contributed by atoms with Gasteiger partial charge in [-0.1, -0.05) is 23.7 Å². The van der Waals surface area contributed by atoms with Gasteiger partial charge in [0.25, 0.3) is 0 Å². The normalized spacial score (nSPS) is 16.8. The molecule has 2 aromatic carbocycles. The number of hydrogen-bond acceptors (Lipinski definition) is 7.